The summed E-state index contributed by atoms with van der Waals surface area (Å²) in [4.78, 5) is 13.8. The number of nitrogens with zero attached hydrogens (tertiary/aromatic N) is 5. The van der Waals surface area contributed by atoms with Crippen molar-refractivity contribution < 1.29 is 23.7 Å². The van der Waals surface area contributed by atoms with Gasteiger partial charge >= 0.3 is 0 Å². The Morgan fingerprint density at radius 1 is 0.889 bits per heavy atom. The summed E-state index contributed by atoms with van der Waals surface area (Å²) in [5, 5.41) is 4.42. The van der Waals surface area contributed by atoms with E-state index in [0.717, 1.165) is 69.1 Å². The number of likely N-dealkylation sites (N-methyl/N-ethyl adjacent to an activating group) is 2. The summed E-state index contributed by atoms with van der Waals surface area (Å²) in [6, 6.07) is 28.0. The van der Waals surface area contributed by atoms with Crippen LogP contribution in [0.2, 0.25) is 0 Å². The van der Waals surface area contributed by atoms with E-state index in [1.54, 1.807) is 20.4 Å². The fraction of sp³-hybridized carbons (Fsp3) is 0.286. The molecule has 0 spiro atoms. The van der Waals surface area contributed by atoms with Gasteiger partial charge in [-0.05, 0) is 61.6 Å². The molecule has 0 saturated carbocycles. The molecule has 0 aliphatic carbocycles. The maximum absolute atomic E-state index is 6.55. The largest absolute Gasteiger partial charge is 0.497 e. The van der Waals surface area contributed by atoms with Gasteiger partial charge in [0.05, 0.1) is 55.8 Å². The van der Waals surface area contributed by atoms with Crippen LogP contribution in [0.15, 0.2) is 97.3 Å². The van der Waals surface area contributed by atoms with Crippen LogP contribution in [0.3, 0.4) is 0 Å². The smallest absolute Gasteiger partial charge is 0.227 e. The van der Waals surface area contributed by atoms with Crippen LogP contribution in [0.25, 0.3) is 22.2 Å². The molecule has 0 amide bonds. The molecule has 3 N–H and O–H groups in total. The van der Waals surface area contributed by atoms with Crippen molar-refractivity contribution in [3.05, 3.63) is 114 Å². The summed E-state index contributed by atoms with van der Waals surface area (Å²) >= 11 is 0. The number of nitrogens with one attached hydrogen (secondary N) is 1. The highest BCUT2D eigenvalue weighted by molar-refractivity contribution is 5.95. The zero-order chi connectivity index (χ0) is 37.6. The number of aromatic nitrogens is 3. The molecule has 0 radical (unpaired) electrons. The molecular weight excluding hydrogens is 683 g/mol. The topological polar surface area (TPSA) is 121 Å². The van der Waals surface area contributed by atoms with Gasteiger partial charge in [0.2, 0.25) is 5.95 Å². The van der Waals surface area contributed by atoms with Crippen LogP contribution in [-0.4, -0.2) is 81.1 Å². The predicted octanol–water partition coefficient (Wildman–Crippen LogP) is 7.11. The molecule has 2 aromatic heterocycles. The zero-order valence-corrected chi connectivity index (χ0v) is 31.4. The fourth-order valence-electron chi connectivity index (χ4n) is 6.64. The molecule has 1 fully saturated rings. The minimum Gasteiger partial charge on any atom is -0.497 e. The molecule has 54 heavy (non-hydrogen) atoms. The first-order chi connectivity index (χ1) is 26.3. The van der Waals surface area contributed by atoms with Crippen molar-refractivity contribution in [2.45, 2.75) is 19.4 Å². The molecule has 280 valence electrons. The van der Waals surface area contributed by atoms with Crippen LogP contribution in [-0.2, 0) is 22.6 Å². The Balaban J connectivity index is 1.17. The predicted molar refractivity (Wildman–Crippen MR) is 213 cm³/mol. The van der Waals surface area contributed by atoms with Crippen LogP contribution < -0.4 is 30.2 Å². The number of methoxy groups -OCH3 is 2. The summed E-state index contributed by atoms with van der Waals surface area (Å²) in [5.74, 6) is 2.60. The zero-order valence-electron chi connectivity index (χ0n) is 31.4. The van der Waals surface area contributed by atoms with Crippen molar-refractivity contribution in [2.75, 3.05) is 77.6 Å². The third-order valence-electron chi connectivity index (χ3n) is 9.52. The first kappa shape index (κ1) is 36.5. The maximum atomic E-state index is 6.55. The quantitative estimate of drug-likeness (QED) is 0.105. The number of rotatable bonds is 15. The molecule has 3 heterocycles. The average Bonchev–Trinajstić information content (AvgIpc) is 3.85. The fourth-order valence-corrected chi connectivity index (χ4v) is 6.64. The molecule has 7 rings (SSSR count). The molecule has 1 aliphatic rings. The van der Waals surface area contributed by atoms with Crippen molar-refractivity contribution in [1.29, 1.82) is 0 Å². The van der Waals surface area contributed by atoms with Gasteiger partial charge in [-0.1, -0.05) is 42.5 Å². The second kappa shape index (κ2) is 16.5. The van der Waals surface area contributed by atoms with E-state index >= 15 is 0 Å². The van der Waals surface area contributed by atoms with Gasteiger partial charge in [0.15, 0.2) is 6.29 Å². The third-order valence-corrected chi connectivity index (χ3v) is 9.52. The van der Waals surface area contributed by atoms with Crippen LogP contribution in [0.5, 0.6) is 17.2 Å². The lowest BCUT2D eigenvalue weighted by molar-refractivity contribution is -0.0465. The summed E-state index contributed by atoms with van der Waals surface area (Å²) in [5.41, 5.74) is 14.5. The number of hydrogen-bond acceptors (Lipinski definition) is 11. The average molecular weight is 730 g/mol. The molecule has 12 nitrogen and oxygen atoms in total. The van der Waals surface area contributed by atoms with E-state index in [9.17, 15) is 0 Å². The maximum Gasteiger partial charge on any atom is 0.227 e. The van der Waals surface area contributed by atoms with E-state index < -0.39 is 6.29 Å². The van der Waals surface area contributed by atoms with Crippen molar-refractivity contribution >= 4 is 33.9 Å². The Labute approximate surface area is 316 Å². The summed E-state index contributed by atoms with van der Waals surface area (Å²) in [6.07, 6.45) is 3.37. The Bertz CT molecular complexity index is 2200. The Morgan fingerprint density at radius 2 is 1.69 bits per heavy atom. The summed E-state index contributed by atoms with van der Waals surface area (Å²) in [6.45, 7) is 3.71. The first-order valence-electron chi connectivity index (χ1n) is 17.9. The number of benzene rings is 4. The lowest BCUT2D eigenvalue weighted by Crippen LogP contribution is -2.29. The molecule has 4 aromatic carbocycles. The molecular formula is C42H47N7O5. The van der Waals surface area contributed by atoms with Crippen LogP contribution in [0, 0.1) is 0 Å². The second-order valence-corrected chi connectivity index (χ2v) is 13.5. The van der Waals surface area contributed by atoms with Crippen molar-refractivity contribution in [2.24, 2.45) is 0 Å². The number of fused-ring (bicyclic) bond motifs is 1. The van der Waals surface area contributed by atoms with Gasteiger partial charge in [-0.2, -0.15) is 0 Å². The summed E-state index contributed by atoms with van der Waals surface area (Å²) < 4.78 is 31.9. The molecule has 0 unspecified atom stereocenters. The number of para-hydroxylation sites is 1. The SMILES string of the molecule is COc1ccc(COc2cccc(Cn3cc(-c4ccnc(Nc5cc(N)c(N(C)CCN(C)C)cc5OC)n4)c4ccccc43)c2C2OCCO2)cc1. The Kier molecular flexibility index (Phi) is 11.1. The third kappa shape index (κ3) is 8.05. The number of anilines is 4. The number of nitrogens with two attached hydrogens (primary N) is 1. The molecule has 6 aromatic rings. The first-order valence-corrected chi connectivity index (χ1v) is 17.9. The van der Waals surface area contributed by atoms with Crippen LogP contribution in [0.1, 0.15) is 23.0 Å². The number of ether oxygens (including phenoxy) is 5. The van der Waals surface area contributed by atoms with Gasteiger partial charge in [0.1, 0.15) is 23.9 Å². The highest BCUT2D eigenvalue weighted by atomic mass is 16.7. The molecule has 0 atom stereocenters. The van der Waals surface area contributed by atoms with Gasteiger partial charge in [-0.15, -0.1) is 0 Å². The lowest BCUT2D eigenvalue weighted by atomic mass is 10.1. The van der Waals surface area contributed by atoms with Crippen molar-refractivity contribution in [3.63, 3.8) is 0 Å². The number of hydrogen-bond donors (Lipinski definition) is 2. The molecule has 1 saturated heterocycles. The van der Waals surface area contributed by atoms with Crippen molar-refractivity contribution in [1.82, 2.24) is 19.4 Å². The van der Waals surface area contributed by atoms with Gasteiger partial charge in [-0.3, -0.25) is 0 Å². The molecule has 12 heteroatoms. The van der Waals surface area contributed by atoms with Crippen LogP contribution in [0.4, 0.5) is 23.0 Å². The Morgan fingerprint density at radius 3 is 2.44 bits per heavy atom. The minimum atomic E-state index is -0.526. The van der Waals surface area contributed by atoms with Crippen LogP contribution >= 0.6 is 0 Å². The normalized spacial score (nSPS) is 13.1. The van der Waals surface area contributed by atoms with Gasteiger partial charge in [0.25, 0.3) is 0 Å². The number of nitrogen functional groups attached to an aromatic ring is 1. The van der Waals surface area contributed by atoms with Gasteiger partial charge in [0, 0.05) is 61.6 Å². The Hall–Kier alpha value is -5.82. The molecule has 1 aliphatic heterocycles. The monoisotopic (exact) mass is 729 g/mol. The standard InChI is InChI=1S/C42H47N7O5/c1-47(2)19-20-48(3)37-24-39(51-5)35(23-33(37)43)46-42-44-18-17-34(45-42)32-26-49(36-11-7-6-10-31(32)36)25-29-9-8-12-38(40(29)41-52-21-22-53-41)54-27-28-13-15-30(50-4)16-14-28/h6-18,23-24,26,41H,19-22,25,27,43H2,1-5H3,(H,44,45,46). The van der Waals surface area contributed by atoms with E-state index in [1.165, 1.54) is 0 Å². The molecule has 0 bridgehead atoms. The van der Waals surface area contributed by atoms with E-state index in [1.807, 2.05) is 73.8 Å². The second-order valence-electron chi connectivity index (χ2n) is 13.5. The van der Waals surface area contributed by atoms with Gasteiger partial charge in [-0.25, -0.2) is 9.97 Å². The highest BCUT2D eigenvalue weighted by Gasteiger charge is 2.26. The van der Waals surface area contributed by atoms with Crippen molar-refractivity contribution in [3.8, 4) is 28.5 Å². The van der Waals surface area contributed by atoms with E-state index in [2.05, 4.69) is 63.2 Å². The highest BCUT2D eigenvalue weighted by Crippen LogP contribution is 2.39. The lowest BCUT2D eigenvalue weighted by Gasteiger charge is -2.24. The summed E-state index contributed by atoms with van der Waals surface area (Å²) in [7, 11) is 9.43. The van der Waals surface area contributed by atoms with E-state index in [0.29, 0.717) is 49.4 Å². The van der Waals surface area contributed by atoms with E-state index in [4.69, 9.17) is 34.4 Å². The van der Waals surface area contributed by atoms with E-state index in [-0.39, 0.29) is 0 Å². The minimum absolute atomic E-state index is 0.393. The van der Waals surface area contributed by atoms with Gasteiger partial charge < -0.3 is 49.1 Å².